The molecule has 0 amide bonds. The van der Waals surface area contributed by atoms with E-state index < -0.39 is 0 Å². The first-order valence-corrected chi connectivity index (χ1v) is 8.38. The van der Waals surface area contributed by atoms with Crippen molar-refractivity contribution in [2.45, 2.75) is 65.3 Å². The largest absolute Gasteiger partial charge is 0.297 e. The molecule has 0 N–H and O–H groups in total. The summed E-state index contributed by atoms with van der Waals surface area (Å²) in [5, 5.41) is 0. The Kier molecular flexibility index (Phi) is 5.21. The summed E-state index contributed by atoms with van der Waals surface area (Å²) >= 11 is 0. The third-order valence-corrected chi connectivity index (χ3v) is 5.17. The zero-order valence-corrected chi connectivity index (χ0v) is 14.0. The molecule has 0 bridgehead atoms. The van der Waals surface area contributed by atoms with Gasteiger partial charge in [-0.2, -0.15) is 0 Å². The molecule has 21 heavy (non-hydrogen) atoms. The van der Waals surface area contributed by atoms with Crippen LogP contribution in [0.4, 0.5) is 0 Å². The fourth-order valence-corrected chi connectivity index (χ4v) is 3.89. The molecule has 1 aliphatic rings. The Morgan fingerprint density at radius 3 is 2.33 bits per heavy atom. The summed E-state index contributed by atoms with van der Waals surface area (Å²) in [6, 6.07) is 6.44. The molecule has 1 fully saturated rings. The van der Waals surface area contributed by atoms with Crippen LogP contribution in [0.25, 0.3) is 0 Å². The van der Waals surface area contributed by atoms with Crippen LogP contribution in [0.3, 0.4) is 0 Å². The van der Waals surface area contributed by atoms with Crippen LogP contribution in [-0.4, -0.2) is 29.3 Å². The maximum absolute atomic E-state index is 13.1. The molecule has 0 aliphatic heterocycles. The quantitative estimate of drug-likeness (QED) is 0.786. The Bertz CT molecular complexity index is 496. The van der Waals surface area contributed by atoms with E-state index in [0.717, 1.165) is 25.9 Å². The average molecular weight is 287 g/mol. The minimum atomic E-state index is -0.195. The van der Waals surface area contributed by atoms with Crippen molar-refractivity contribution in [2.75, 3.05) is 13.1 Å². The van der Waals surface area contributed by atoms with Crippen molar-refractivity contribution in [3.05, 3.63) is 34.9 Å². The number of carbonyl (C=O) groups excluding carboxylic acids is 1. The molecule has 0 unspecified atom stereocenters. The predicted octanol–water partition coefficient (Wildman–Crippen LogP) is 4.07. The van der Waals surface area contributed by atoms with Crippen LogP contribution in [-0.2, 0) is 11.2 Å². The molecule has 1 aromatic rings. The van der Waals surface area contributed by atoms with E-state index in [1.807, 2.05) is 0 Å². The molecule has 0 radical (unpaired) electrons. The fourth-order valence-electron chi connectivity index (χ4n) is 3.89. The predicted molar refractivity (Wildman–Crippen MR) is 88.7 cm³/mol. The lowest BCUT2D eigenvalue weighted by Crippen LogP contribution is -2.53. The third-order valence-electron chi connectivity index (χ3n) is 5.17. The van der Waals surface area contributed by atoms with Crippen molar-refractivity contribution in [2.24, 2.45) is 0 Å². The maximum atomic E-state index is 13.1. The number of likely N-dealkylation sites (N-methyl/N-ethyl adjacent to an activating group) is 1. The smallest absolute Gasteiger partial charge is 0.157 e. The van der Waals surface area contributed by atoms with E-state index in [2.05, 4.69) is 50.8 Å². The Morgan fingerprint density at radius 2 is 1.76 bits per heavy atom. The lowest BCUT2D eigenvalue weighted by Gasteiger charge is -2.39. The van der Waals surface area contributed by atoms with Gasteiger partial charge in [0.05, 0.1) is 5.54 Å². The summed E-state index contributed by atoms with van der Waals surface area (Å²) in [5.74, 6) is 0.428. The molecule has 2 nitrogen and oxygen atoms in total. The van der Waals surface area contributed by atoms with Gasteiger partial charge in [0.15, 0.2) is 5.78 Å². The van der Waals surface area contributed by atoms with Gasteiger partial charge in [-0.1, -0.05) is 50.5 Å². The minimum absolute atomic E-state index is 0.195. The van der Waals surface area contributed by atoms with E-state index in [4.69, 9.17) is 0 Å². The highest BCUT2D eigenvalue weighted by atomic mass is 16.1. The van der Waals surface area contributed by atoms with Crippen LogP contribution in [0.2, 0.25) is 0 Å². The summed E-state index contributed by atoms with van der Waals surface area (Å²) in [5.41, 5.74) is 3.49. The molecule has 1 aromatic carbocycles. The number of ketones is 1. The van der Waals surface area contributed by atoms with Gasteiger partial charge in [0, 0.05) is 6.42 Å². The first-order chi connectivity index (χ1) is 10.0. The van der Waals surface area contributed by atoms with Crippen molar-refractivity contribution >= 4 is 5.78 Å². The fraction of sp³-hybridized carbons (Fsp3) is 0.632. The number of aryl methyl sites for hydroxylation is 2. The highest BCUT2D eigenvalue weighted by Crippen LogP contribution is 2.37. The van der Waals surface area contributed by atoms with Crippen LogP contribution in [0.15, 0.2) is 18.2 Å². The Hall–Kier alpha value is -1.15. The molecular weight excluding hydrogens is 258 g/mol. The van der Waals surface area contributed by atoms with Gasteiger partial charge >= 0.3 is 0 Å². The van der Waals surface area contributed by atoms with Gasteiger partial charge < -0.3 is 0 Å². The van der Waals surface area contributed by atoms with Crippen molar-refractivity contribution in [3.63, 3.8) is 0 Å². The van der Waals surface area contributed by atoms with Crippen molar-refractivity contribution in [1.82, 2.24) is 4.90 Å². The molecule has 116 valence electrons. The molecule has 2 rings (SSSR count). The van der Waals surface area contributed by atoms with E-state index in [1.54, 1.807) is 0 Å². The van der Waals surface area contributed by atoms with E-state index in [-0.39, 0.29) is 5.54 Å². The third kappa shape index (κ3) is 3.21. The van der Waals surface area contributed by atoms with Crippen LogP contribution in [0.1, 0.15) is 56.2 Å². The van der Waals surface area contributed by atoms with E-state index in [0.29, 0.717) is 12.2 Å². The molecule has 2 heteroatoms. The van der Waals surface area contributed by atoms with Gasteiger partial charge in [-0.25, -0.2) is 0 Å². The lowest BCUT2D eigenvalue weighted by atomic mass is 9.85. The van der Waals surface area contributed by atoms with E-state index in [9.17, 15) is 4.79 Å². The summed E-state index contributed by atoms with van der Waals surface area (Å²) in [6.07, 6.45) is 5.05. The normalized spacial score (nSPS) is 17.4. The Labute approximate surface area is 129 Å². The van der Waals surface area contributed by atoms with Crippen molar-refractivity contribution in [3.8, 4) is 0 Å². The zero-order chi connectivity index (χ0) is 15.5. The molecule has 0 heterocycles. The van der Waals surface area contributed by atoms with Crippen LogP contribution >= 0.6 is 0 Å². The van der Waals surface area contributed by atoms with Crippen LogP contribution in [0.5, 0.6) is 0 Å². The van der Waals surface area contributed by atoms with Gasteiger partial charge in [-0.3, -0.25) is 9.69 Å². The maximum Gasteiger partial charge on any atom is 0.157 e. The van der Waals surface area contributed by atoms with Crippen molar-refractivity contribution < 1.29 is 4.79 Å². The molecule has 1 saturated carbocycles. The zero-order valence-electron chi connectivity index (χ0n) is 14.0. The number of benzene rings is 1. The number of Topliss-reactive ketones (excluding diaryl/α,β-unsaturated/α-hetero) is 1. The first-order valence-electron chi connectivity index (χ1n) is 8.38. The number of hydrogen-bond acceptors (Lipinski definition) is 2. The molecule has 0 atom stereocenters. The molecule has 0 spiro atoms. The van der Waals surface area contributed by atoms with E-state index >= 15 is 0 Å². The van der Waals surface area contributed by atoms with E-state index in [1.165, 1.54) is 29.5 Å². The summed E-state index contributed by atoms with van der Waals surface area (Å²) in [4.78, 5) is 15.5. The summed E-state index contributed by atoms with van der Waals surface area (Å²) in [6.45, 7) is 10.5. The highest BCUT2D eigenvalue weighted by Gasteiger charge is 2.44. The van der Waals surface area contributed by atoms with Crippen LogP contribution < -0.4 is 0 Å². The first kappa shape index (κ1) is 16.2. The Morgan fingerprint density at radius 1 is 1.14 bits per heavy atom. The van der Waals surface area contributed by atoms with Gasteiger partial charge in [0.1, 0.15) is 0 Å². The lowest BCUT2D eigenvalue weighted by molar-refractivity contribution is -0.130. The van der Waals surface area contributed by atoms with Gasteiger partial charge in [-0.15, -0.1) is 0 Å². The molecule has 1 aliphatic carbocycles. The molecule has 0 saturated heterocycles. The minimum Gasteiger partial charge on any atom is -0.297 e. The standard InChI is InChI=1S/C19H29NO/c1-5-20(6-2)19(11-7-8-12-19)18(21)14-17-13-15(3)9-10-16(17)4/h9-10,13H,5-8,11-12,14H2,1-4H3. The molecule has 0 aromatic heterocycles. The second kappa shape index (κ2) is 6.74. The monoisotopic (exact) mass is 287 g/mol. The second-order valence-electron chi connectivity index (χ2n) is 6.44. The van der Waals surface area contributed by atoms with Gasteiger partial charge in [0.25, 0.3) is 0 Å². The van der Waals surface area contributed by atoms with Gasteiger partial charge in [-0.05, 0) is 50.9 Å². The van der Waals surface area contributed by atoms with Gasteiger partial charge in [0.2, 0.25) is 0 Å². The Balaban J connectivity index is 2.25. The SMILES string of the molecule is CCN(CC)C1(C(=O)Cc2cc(C)ccc2C)CCCC1. The number of hydrogen-bond donors (Lipinski definition) is 0. The number of carbonyl (C=O) groups is 1. The highest BCUT2D eigenvalue weighted by molar-refractivity contribution is 5.90. The number of nitrogens with zero attached hydrogens (tertiary/aromatic N) is 1. The van der Waals surface area contributed by atoms with Crippen LogP contribution in [0, 0.1) is 13.8 Å². The van der Waals surface area contributed by atoms with Crippen molar-refractivity contribution in [1.29, 1.82) is 0 Å². The average Bonchev–Trinajstić information content (AvgIpc) is 2.95. The summed E-state index contributed by atoms with van der Waals surface area (Å²) in [7, 11) is 0. The molecular formula is C19H29NO. The topological polar surface area (TPSA) is 20.3 Å². The number of rotatable bonds is 6. The second-order valence-corrected chi connectivity index (χ2v) is 6.44. The summed E-state index contributed by atoms with van der Waals surface area (Å²) < 4.78 is 0.